The second-order valence-electron chi connectivity index (χ2n) is 11.6. The van der Waals surface area contributed by atoms with Crippen molar-refractivity contribution in [3.63, 3.8) is 0 Å². The molecular formula is C31H44N5O7P. The van der Waals surface area contributed by atoms with Crippen LogP contribution in [0.2, 0.25) is 0 Å². The summed E-state index contributed by atoms with van der Waals surface area (Å²) < 4.78 is 31.4. The van der Waals surface area contributed by atoms with E-state index in [1.807, 2.05) is 44.2 Å². The second kappa shape index (κ2) is 16.7. The van der Waals surface area contributed by atoms with Crippen molar-refractivity contribution in [1.82, 2.24) is 19.7 Å². The summed E-state index contributed by atoms with van der Waals surface area (Å²) in [5, 5.41) is 7.45. The molecule has 0 radical (unpaired) electrons. The van der Waals surface area contributed by atoms with Crippen LogP contribution in [0.3, 0.4) is 0 Å². The maximum atomic E-state index is 13.2. The normalized spacial score (nSPS) is 18.0. The molecule has 2 aromatic heterocycles. The van der Waals surface area contributed by atoms with E-state index in [1.165, 1.54) is 6.33 Å². The van der Waals surface area contributed by atoms with Gasteiger partial charge in [0.05, 0.1) is 38.0 Å². The third-order valence-electron chi connectivity index (χ3n) is 7.07. The molecule has 0 amide bonds. The maximum absolute atomic E-state index is 13.2. The number of esters is 2. The number of nitrogens with one attached hydrogen (secondary N) is 1. The summed E-state index contributed by atoms with van der Waals surface area (Å²) in [7, 11) is -1.88. The lowest BCUT2D eigenvalue weighted by molar-refractivity contribution is -0.152. The van der Waals surface area contributed by atoms with E-state index in [-0.39, 0.29) is 38.4 Å². The minimum atomic E-state index is -1.88. The summed E-state index contributed by atoms with van der Waals surface area (Å²) in [6, 6.07) is 12.0. The molecule has 0 bridgehead atoms. The molecule has 3 heterocycles. The summed E-state index contributed by atoms with van der Waals surface area (Å²) >= 11 is 0. The molecule has 4 rings (SSSR count). The first kappa shape index (κ1) is 33.6. The van der Waals surface area contributed by atoms with Crippen LogP contribution < -0.4 is 15.3 Å². The van der Waals surface area contributed by atoms with E-state index in [0.29, 0.717) is 29.8 Å². The maximum Gasteiger partial charge on any atom is 0.324 e. The van der Waals surface area contributed by atoms with Gasteiger partial charge in [0.2, 0.25) is 0 Å². The van der Waals surface area contributed by atoms with Crippen LogP contribution in [0.25, 0.3) is 5.52 Å². The highest BCUT2D eigenvalue weighted by molar-refractivity contribution is 7.45. The van der Waals surface area contributed by atoms with Crippen molar-refractivity contribution in [2.24, 2.45) is 11.8 Å². The Morgan fingerprint density at radius 1 is 1.05 bits per heavy atom. The van der Waals surface area contributed by atoms with Gasteiger partial charge in [0.1, 0.15) is 29.7 Å². The molecule has 1 aliphatic rings. The van der Waals surface area contributed by atoms with Crippen molar-refractivity contribution in [2.45, 2.75) is 78.0 Å². The SMILES string of the molecule is CC(C)CCOC(=O)CC(NP(OCC1CC[C@H](c2ccc3c(N)ncnn23)O1)Oc1ccccc1)C(=O)OCCC(C)C. The second-order valence-corrected chi connectivity index (χ2v) is 12.8. The van der Waals surface area contributed by atoms with Crippen LogP contribution in [-0.4, -0.2) is 58.5 Å². The molecule has 1 aromatic carbocycles. The molecule has 1 saturated heterocycles. The van der Waals surface area contributed by atoms with E-state index in [2.05, 4.69) is 29.0 Å². The number of ether oxygens (including phenoxy) is 3. The van der Waals surface area contributed by atoms with E-state index in [4.69, 9.17) is 29.0 Å². The van der Waals surface area contributed by atoms with Gasteiger partial charge in [-0.2, -0.15) is 5.10 Å². The summed E-state index contributed by atoms with van der Waals surface area (Å²) in [6.45, 7) is 8.94. The summed E-state index contributed by atoms with van der Waals surface area (Å²) in [4.78, 5) is 29.9. The van der Waals surface area contributed by atoms with Crippen molar-refractivity contribution in [1.29, 1.82) is 0 Å². The first-order valence-electron chi connectivity index (χ1n) is 15.2. The first-order chi connectivity index (χ1) is 21.2. The Bertz CT molecular complexity index is 1340. The van der Waals surface area contributed by atoms with E-state index in [0.717, 1.165) is 30.5 Å². The third-order valence-corrected chi connectivity index (χ3v) is 8.35. The van der Waals surface area contributed by atoms with Gasteiger partial charge >= 0.3 is 20.5 Å². The average molecular weight is 630 g/mol. The van der Waals surface area contributed by atoms with Crippen LogP contribution in [0.5, 0.6) is 5.75 Å². The molecule has 240 valence electrons. The van der Waals surface area contributed by atoms with Crippen LogP contribution >= 0.6 is 8.53 Å². The lowest BCUT2D eigenvalue weighted by Gasteiger charge is -2.24. The van der Waals surface area contributed by atoms with Gasteiger partial charge in [-0.1, -0.05) is 45.9 Å². The zero-order valence-corrected chi connectivity index (χ0v) is 26.8. The van der Waals surface area contributed by atoms with Gasteiger partial charge in [-0.15, -0.1) is 0 Å². The summed E-state index contributed by atoms with van der Waals surface area (Å²) in [6.07, 6.45) is 3.74. The fourth-order valence-electron chi connectivity index (χ4n) is 4.52. The fourth-order valence-corrected chi connectivity index (χ4v) is 5.77. The molecule has 1 fully saturated rings. The van der Waals surface area contributed by atoms with E-state index >= 15 is 0 Å². The van der Waals surface area contributed by atoms with E-state index in [9.17, 15) is 9.59 Å². The number of aromatic nitrogens is 3. The van der Waals surface area contributed by atoms with Gasteiger partial charge < -0.3 is 29.0 Å². The number of nitrogen functional groups attached to an aromatic ring is 1. The molecule has 1 aliphatic heterocycles. The van der Waals surface area contributed by atoms with E-state index in [1.54, 1.807) is 16.6 Å². The van der Waals surface area contributed by atoms with Crippen LogP contribution in [0, 0.1) is 11.8 Å². The standard InChI is InChI=1S/C31H44N5O7P/c1-21(2)14-16-39-29(37)18-25(31(38)40-17-15-22(3)4)35-44(43-23-8-6-5-7-9-23)41-19-24-10-13-28(42-24)26-11-12-27-30(32)33-20-34-36(26)27/h5-9,11-12,20-22,24-25,28,35H,10,13-19H2,1-4H3,(H2,32,33,34)/t24?,25?,28-,44?/m1/s1. The number of nitrogens with two attached hydrogens (primary N) is 1. The van der Waals surface area contributed by atoms with Gasteiger partial charge in [-0.05, 0) is 61.8 Å². The first-order valence-corrected chi connectivity index (χ1v) is 16.4. The fraction of sp³-hybridized carbons (Fsp3) is 0.548. The number of carbonyl (C=O) groups is 2. The monoisotopic (exact) mass is 629 g/mol. The predicted molar refractivity (Wildman–Crippen MR) is 167 cm³/mol. The van der Waals surface area contributed by atoms with Crippen molar-refractivity contribution >= 4 is 31.8 Å². The number of para-hydroxylation sites is 1. The van der Waals surface area contributed by atoms with Crippen molar-refractivity contribution in [3.8, 4) is 5.75 Å². The number of carbonyl (C=O) groups excluding carboxylic acids is 2. The minimum absolute atomic E-state index is 0.195. The number of rotatable bonds is 17. The largest absolute Gasteiger partial charge is 0.466 e. The molecule has 3 unspecified atom stereocenters. The van der Waals surface area contributed by atoms with Crippen molar-refractivity contribution in [3.05, 3.63) is 54.5 Å². The smallest absolute Gasteiger partial charge is 0.324 e. The Hall–Kier alpha value is -3.31. The number of anilines is 1. The Labute approximate surface area is 259 Å². The van der Waals surface area contributed by atoms with Gasteiger partial charge in [0.25, 0.3) is 0 Å². The predicted octanol–water partition coefficient (Wildman–Crippen LogP) is 5.38. The number of benzene rings is 1. The molecule has 0 spiro atoms. The summed E-state index contributed by atoms with van der Waals surface area (Å²) in [5.74, 6) is 0.655. The third kappa shape index (κ3) is 10.1. The number of nitrogens with zero attached hydrogens (tertiary/aromatic N) is 3. The quantitative estimate of drug-likeness (QED) is 0.146. The highest BCUT2D eigenvalue weighted by Gasteiger charge is 2.33. The van der Waals surface area contributed by atoms with Gasteiger partial charge in [0, 0.05) is 0 Å². The Morgan fingerprint density at radius 3 is 2.50 bits per heavy atom. The molecule has 0 aliphatic carbocycles. The van der Waals surface area contributed by atoms with Gasteiger partial charge in [0.15, 0.2) is 5.82 Å². The molecule has 3 aromatic rings. The number of fused-ring (bicyclic) bond motifs is 1. The zero-order valence-electron chi connectivity index (χ0n) is 25.9. The molecule has 12 nitrogen and oxygen atoms in total. The number of hydrogen-bond donors (Lipinski definition) is 2. The van der Waals surface area contributed by atoms with Crippen LogP contribution in [-0.2, 0) is 28.3 Å². The van der Waals surface area contributed by atoms with Crippen molar-refractivity contribution in [2.75, 3.05) is 25.6 Å². The molecule has 0 saturated carbocycles. The van der Waals surface area contributed by atoms with Crippen LogP contribution in [0.15, 0.2) is 48.8 Å². The number of hydrogen-bond acceptors (Lipinski definition) is 11. The highest BCUT2D eigenvalue weighted by atomic mass is 31.2. The lowest BCUT2D eigenvalue weighted by Crippen LogP contribution is -2.39. The zero-order chi connectivity index (χ0) is 31.5. The Morgan fingerprint density at radius 2 is 1.77 bits per heavy atom. The van der Waals surface area contributed by atoms with Crippen molar-refractivity contribution < 1.29 is 32.8 Å². The lowest BCUT2D eigenvalue weighted by atomic mass is 10.1. The molecular weight excluding hydrogens is 585 g/mol. The van der Waals surface area contributed by atoms with Crippen LogP contribution in [0.4, 0.5) is 5.82 Å². The summed E-state index contributed by atoms with van der Waals surface area (Å²) in [5.41, 5.74) is 7.61. The van der Waals surface area contributed by atoms with Gasteiger partial charge in [-0.3, -0.25) is 9.59 Å². The topological polar surface area (TPSA) is 149 Å². The molecule has 4 atom stereocenters. The van der Waals surface area contributed by atoms with Gasteiger partial charge in [-0.25, -0.2) is 14.6 Å². The Balaban J connectivity index is 1.42. The van der Waals surface area contributed by atoms with E-state index < -0.39 is 26.5 Å². The highest BCUT2D eigenvalue weighted by Crippen LogP contribution is 2.39. The molecule has 3 N–H and O–H groups in total. The Kier molecular flexibility index (Phi) is 12.7. The van der Waals surface area contributed by atoms with Crippen LogP contribution in [0.1, 0.15) is 71.6 Å². The minimum Gasteiger partial charge on any atom is -0.466 e. The molecule has 44 heavy (non-hydrogen) atoms. The average Bonchev–Trinajstić information content (AvgIpc) is 3.63. The molecule has 13 heteroatoms.